The minimum Gasteiger partial charge on any atom is -0.405 e. The lowest BCUT2D eigenvalue weighted by Gasteiger charge is -2.17. The molecule has 0 unspecified atom stereocenters. The lowest BCUT2D eigenvalue weighted by Crippen LogP contribution is -2.22. The number of carbonyl (C=O) groups excluding carboxylic acids is 1. The number of halogens is 3. The van der Waals surface area contributed by atoms with Gasteiger partial charge in [0.2, 0.25) is 5.91 Å². The van der Waals surface area contributed by atoms with E-state index in [4.69, 9.17) is 0 Å². The third-order valence-electron chi connectivity index (χ3n) is 5.20. The van der Waals surface area contributed by atoms with Crippen LogP contribution in [0.4, 0.5) is 24.8 Å². The summed E-state index contributed by atoms with van der Waals surface area (Å²) in [5.74, 6) is 0.404. The fraction of sp³-hybridized carbons (Fsp3) is 0.318. The Morgan fingerprint density at radius 2 is 1.94 bits per heavy atom. The summed E-state index contributed by atoms with van der Waals surface area (Å²) in [4.78, 5) is 14.4. The molecule has 1 N–H and O–H groups in total. The molecule has 1 aliphatic heterocycles. The molecule has 172 valence electrons. The summed E-state index contributed by atoms with van der Waals surface area (Å²) < 4.78 is 41.6. The van der Waals surface area contributed by atoms with Crippen LogP contribution in [0.3, 0.4) is 0 Å². The van der Waals surface area contributed by atoms with Gasteiger partial charge in [-0.1, -0.05) is 18.2 Å². The van der Waals surface area contributed by atoms with E-state index in [1.165, 1.54) is 24.3 Å². The van der Waals surface area contributed by atoms with Crippen LogP contribution in [0, 0.1) is 5.92 Å². The summed E-state index contributed by atoms with van der Waals surface area (Å²) in [6.45, 7) is 1.65. The minimum absolute atomic E-state index is 0.114. The maximum Gasteiger partial charge on any atom is 0.573 e. The van der Waals surface area contributed by atoms with Gasteiger partial charge in [0, 0.05) is 24.8 Å². The van der Waals surface area contributed by atoms with Crippen molar-refractivity contribution in [2.24, 2.45) is 5.92 Å². The van der Waals surface area contributed by atoms with Crippen molar-refractivity contribution in [3.63, 3.8) is 0 Å². The number of nitrogens with zero attached hydrogens (tertiary/aromatic N) is 5. The third-order valence-corrected chi connectivity index (χ3v) is 5.20. The molecule has 0 saturated carbocycles. The second kappa shape index (κ2) is 9.80. The maximum atomic E-state index is 12.6. The number of benzene rings is 1. The Labute approximate surface area is 187 Å². The van der Waals surface area contributed by atoms with Crippen molar-refractivity contribution in [2.75, 3.05) is 23.3 Å². The Kier molecular flexibility index (Phi) is 6.66. The molecule has 3 aromatic rings. The molecule has 8 nitrogen and oxygen atoms in total. The lowest BCUT2D eigenvalue weighted by atomic mass is 10.0. The van der Waals surface area contributed by atoms with Crippen LogP contribution in [-0.2, 0) is 17.6 Å². The molecule has 4 rings (SSSR count). The number of anilines is 2. The Hall–Kier alpha value is -3.76. The maximum absolute atomic E-state index is 12.6. The Bertz CT molecular complexity index is 1080. The van der Waals surface area contributed by atoms with Crippen LogP contribution in [0.15, 0.2) is 54.7 Å². The van der Waals surface area contributed by atoms with E-state index in [-0.39, 0.29) is 17.8 Å². The molecule has 0 aliphatic carbocycles. The first kappa shape index (κ1) is 22.4. The zero-order valence-corrected chi connectivity index (χ0v) is 17.5. The molecule has 1 fully saturated rings. The largest absolute Gasteiger partial charge is 0.573 e. The molecule has 0 radical (unpaired) electrons. The molecule has 1 amide bonds. The molecule has 1 saturated heterocycles. The van der Waals surface area contributed by atoms with E-state index >= 15 is 0 Å². The molecular weight excluding hydrogens is 437 g/mol. The number of hydrogen-bond donors (Lipinski definition) is 1. The molecule has 3 heterocycles. The highest BCUT2D eigenvalue weighted by molar-refractivity contribution is 5.91. The normalized spacial score (nSPS) is 16.0. The number of alkyl halides is 3. The van der Waals surface area contributed by atoms with E-state index in [1.54, 1.807) is 18.3 Å². The highest BCUT2D eigenvalue weighted by Gasteiger charge is 2.32. The van der Waals surface area contributed by atoms with Gasteiger partial charge in [-0.2, -0.15) is 10.2 Å². The van der Waals surface area contributed by atoms with Gasteiger partial charge in [-0.05, 0) is 49.1 Å². The van der Waals surface area contributed by atoms with Crippen LogP contribution < -0.4 is 15.0 Å². The summed E-state index contributed by atoms with van der Waals surface area (Å²) in [5.41, 5.74) is 1.07. The van der Waals surface area contributed by atoms with Crippen molar-refractivity contribution in [2.45, 2.75) is 25.6 Å². The van der Waals surface area contributed by atoms with E-state index in [0.717, 1.165) is 31.6 Å². The summed E-state index contributed by atoms with van der Waals surface area (Å²) in [6.07, 6.45) is -1.65. The van der Waals surface area contributed by atoms with Gasteiger partial charge in [-0.25, -0.2) is 0 Å². The predicted octanol–water partition coefficient (Wildman–Crippen LogP) is 3.42. The molecule has 2 aromatic heterocycles. The Morgan fingerprint density at radius 1 is 1.09 bits per heavy atom. The second-order valence-electron chi connectivity index (χ2n) is 7.68. The number of amides is 1. The number of aromatic nitrogens is 4. The molecule has 0 bridgehead atoms. The number of hydrogen-bond acceptors (Lipinski definition) is 7. The Morgan fingerprint density at radius 3 is 2.67 bits per heavy atom. The van der Waals surface area contributed by atoms with E-state index in [2.05, 4.69) is 35.3 Å². The van der Waals surface area contributed by atoms with Gasteiger partial charge in [0.1, 0.15) is 5.75 Å². The van der Waals surface area contributed by atoms with Crippen molar-refractivity contribution in [1.82, 2.24) is 20.4 Å². The standard InChI is InChI=1S/C22H21F3N6O2/c23-22(24,25)33-18-6-2-1-4-16(18)13-21(32)27-19-7-8-20(30-29-19)31-11-9-15(14-31)12-17-5-3-10-26-28-17/h1-8,10,15H,9,11-14H2,(H,27,29,32)/t15-/m0/s1. The average molecular weight is 458 g/mol. The summed E-state index contributed by atoms with van der Waals surface area (Å²) in [7, 11) is 0. The fourth-order valence-electron chi connectivity index (χ4n) is 3.74. The molecule has 33 heavy (non-hydrogen) atoms. The molecule has 1 aromatic carbocycles. The first-order valence-electron chi connectivity index (χ1n) is 10.3. The first-order chi connectivity index (χ1) is 15.9. The lowest BCUT2D eigenvalue weighted by molar-refractivity contribution is -0.274. The quantitative estimate of drug-likeness (QED) is 0.580. The van der Waals surface area contributed by atoms with Crippen molar-refractivity contribution >= 4 is 17.5 Å². The van der Waals surface area contributed by atoms with E-state index in [9.17, 15) is 18.0 Å². The van der Waals surface area contributed by atoms with Crippen LogP contribution in [0.25, 0.3) is 0 Å². The fourth-order valence-corrected chi connectivity index (χ4v) is 3.74. The monoisotopic (exact) mass is 458 g/mol. The van der Waals surface area contributed by atoms with E-state index in [0.29, 0.717) is 11.7 Å². The van der Waals surface area contributed by atoms with Crippen LogP contribution in [-0.4, -0.2) is 45.8 Å². The molecule has 1 aliphatic rings. The van der Waals surface area contributed by atoms with Crippen molar-refractivity contribution in [1.29, 1.82) is 0 Å². The van der Waals surface area contributed by atoms with Gasteiger partial charge < -0.3 is 15.0 Å². The first-order valence-corrected chi connectivity index (χ1v) is 10.3. The SMILES string of the molecule is O=C(Cc1ccccc1OC(F)(F)F)Nc1ccc(N2CC[C@@H](Cc3cccnn3)C2)nn1. The number of para-hydroxylation sites is 1. The van der Waals surface area contributed by atoms with Crippen molar-refractivity contribution < 1.29 is 22.7 Å². The summed E-state index contributed by atoms with van der Waals surface area (Å²) in [6, 6.07) is 12.7. The van der Waals surface area contributed by atoms with Crippen molar-refractivity contribution in [3.8, 4) is 5.75 Å². The Balaban J connectivity index is 1.32. The number of carbonyl (C=O) groups is 1. The van der Waals surface area contributed by atoms with Crippen molar-refractivity contribution in [3.05, 3.63) is 66.0 Å². The molecular formula is C22H21F3N6O2. The predicted molar refractivity (Wildman–Crippen MR) is 114 cm³/mol. The third kappa shape index (κ3) is 6.37. The molecule has 1 atom stereocenters. The van der Waals surface area contributed by atoms with Crippen LogP contribution in [0.2, 0.25) is 0 Å². The second-order valence-corrected chi connectivity index (χ2v) is 7.68. The summed E-state index contributed by atoms with van der Waals surface area (Å²) in [5, 5.41) is 18.8. The minimum atomic E-state index is -4.84. The number of nitrogens with one attached hydrogen (secondary N) is 1. The van der Waals surface area contributed by atoms with E-state index in [1.807, 2.05) is 12.1 Å². The van der Waals surface area contributed by atoms with Gasteiger partial charge in [0.25, 0.3) is 0 Å². The van der Waals surface area contributed by atoms with Gasteiger partial charge in [0.05, 0.1) is 12.1 Å². The highest BCUT2D eigenvalue weighted by atomic mass is 19.4. The molecule has 11 heteroatoms. The van der Waals surface area contributed by atoms with Gasteiger partial charge in [-0.15, -0.1) is 23.4 Å². The molecule has 0 spiro atoms. The van der Waals surface area contributed by atoms with E-state index < -0.39 is 18.0 Å². The zero-order chi connectivity index (χ0) is 23.3. The highest BCUT2D eigenvalue weighted by Crippen LogP contribution is 2.27. The number of ether oxygens (including phenoxy) is 1. The topological polar surface area (TPSA) is 93.1 Å². The average Bonchev–Trinajstić information content (AvgIpc) is 3.24. The number of rotatable bonds is 7. The van der Waals surface area contributed by atoms with Gasteiger partial charge in [-0.3, -0.25) is 4.79 Å². The summed E-state index contributed by atoms with van der Waals surface area (Å²) >= 11 is 0. The van der Waals surface area contributed by atoms with Crippen LogP contribution in [0.1, 0.15) is 17.7 Å². The van der Waals surface area contributed by atoms with Crippen LogP contribution >= 0.6 is 0 Å². The van der Waals surface area contributed by atoms with Crippen LogP contribution in [0.5, 0.6) is 5.75 Å². The van der Waals surface area contributed by atoms with Gasteiger partial charge >= 0.3 is 6.36 Å². The smallest absolute Gasteiger partial charge is 0.405 e. The zero-order valence-electron chi connectivity index (χ0n) is 17.5. The van der Waals surface area contributed by atoms with Gasteiger partial charge in [0.15, 0.2) is 11.6 Å².